The highest BCUT2D eigenvalue weighted by molar-refractivity contribution is 6.30. The number of rotatable bonds is 6. The second-order valence-electron chi connectivity index (χ2n) is 8.67. The molecule has 1 spiro atoms. The van der Waals surface area contributed by atoms with Gasteiger partial charge in [-0.2, -0.15) is 0 Å². The summed E-state index contributed by atoms with van der Waals surface area (Å²) in [5, 5.41) is 3.85. The minimum absolute atomic E-state index is 0.0657. The van der Waals surface area contributed by atoms with Crippen LogP contribution in [-0.2, 0) is 16.0 Å². The summed E-state index contributed by atoms with van der Waals surface area (Å²) >= 11 is 6.23. The van der Waals surface area contributed by atoms with Crippen molar-refractivity contribution in [1.29, 1.82) is 0 Å². The van der Waals surface area contributed by atoms with Crippen LogP contribution in [-0.4, -0.2) is 52.7 Å². The minimum Gasteiger partial charge on any atom is -0.383 e. The molecule has 0 radical (unpaired) electrons. The molecule has 2 atom stereocenters. The summed E-state index contributed by atoms with van der Waals surface area (Å²) < 4.78 is 5.62. The van der Waals surface area contributed by atoms with Crippen LogP contribution in [0.5, 0.6) is 0 Å². The van der Waals surface area contributed by atoms with Gasteiger partial charge >= 0.3 is 0 Å². The molecule has 28 heavy (non-hydrogen) atoms. The number of carbonyl (C=O) groups is 1. The number of piperidine rings is 1. The Kier molecular flexibility index (Phi) is 5.51. The predicted octanol–water partition coefficient (Wildman–Crippen LogP) is 2.31. The molecule has 1 aliphatic carbocycles. The Morgan fingerprint density at radius 1 is 1.39 bits per heavy atom. The number of nitrogen functional groups attached to an aromatic ring is 1. The van der Waals surface area contributed by atoms with Crippen molar-refractivity contribution >= 4 is 23.3 Å². The third-order valence-electron chi connectivity index (χ3n) is 6.59. The number of nitrogens with one attached hydrogen (secondary N) is 1. The molecule has 1 unspecified atom stereocenters. The number of nitrogens with zero attached hydrogens (tertiary/aromatic N) is 3. The van der Waals surface area contributed by atoms with E-state index >= 15 is 0 Å². The summed E-state index contributed by atoms with van der Waals surface area (Å²) in [6.45, 7) is 6.20. The van der Waals surface area contributed by atoms with Crippen molar-refractivity contribution in [2.45, 2.75) is 64.6 Å². The number of ether oxygens (including phenoxy) is 1. The van der Waals surface area contributed by atoms with Crippen molar-refractivity contribution in [3.8, 4) is 0 Å². The van der Waals surface area contributed by atoms with Crippen LogP contribution in [0.25, 0.3) is 0 Å². The molecule has 3 aliphatic rings. The molecule has 7 nitrogen and oxygen atoms in total. The lowest BCUT2D eigenvalue weighted by Gasteiger charge is -2.41. The Labute approximate surface area is 171 Å². The fourth-order valence-electron chi connectivity index (χ4n) is 4.37. The molecule has 1 amide bonds. The van der Waals surface area contributed by atoms with Crippen LogP contribution < -0.4 is 11.1 Å². The van der Waals surface area contributed by atoms with Gasteiger partial charge in [0.2, 0.25) is 5.91 Å². The lowest BCUT2D eigenvalue weighted by molar-refractivity contribution is -0.160. The standard InChI is InChI=1S/C20H30ClN5O2/c1-12(23-19-20(7-8-20)11-28-19)18(27)26-9-5-14(6-10-26)3-4-15-16(21)24-13(2)25-17(15)22/h12,14,19,23H,3-11H2,1-2H3,(H2,22,24,25)/t12-,19?/m0/s1. The number of aryl methyl sites for hydroxylation is 1. The maximum atomic E-state index is 12.8. The van der Waals surface area contributed by atoms with Gasteiger partial charge in [-0.15, -0.1) is 0 Å². The van der Waals surface area contributed by atoms with Crippen LogP contribution in [0.15, 0.2) is 0 Å². The number of carbonyl (C=O) groups excluding carboxylic acids is 1. The van der Waals surface area contributed by atoms with Crippen LogP contribution in [0.1, 0.15) is 50.4 Å². The zero-order chi connectivity index (χ0) is 19.9. The van der Waals surface area contributed by atoms with Gasteiger partial charge in [-0.1, -0.05) is 11.6 Å². The first-order valence-corrected chi connectivity index (χ1v) is 10.7. The largest absolute Gasteiger partial charge is 0.383 e. The van der Waals surface area contributed by atoms with Gasteiger partial charge in [0.15, 0.2) is 0 Å². The molecule has 1 aromatic heterocycles. The summed E-state index contributed by atoms with van der Waals surface area (Å²) in [6.07, 6.45) is 6.29. The van der Waals surface area contributed by atoms with Crippen molar-refractivity contribution in [1.82, 2.24) is 20.2 Å². The van der Waals surface area contributed by atoms with E-state index in [2.05, 4.69) is 15.3 Å². The lowest BCUT2D eigenvalue weighted by atomic mass is 9.90. The molecule has 8 heteroatoms. The zero-order valence-corrected chi connectivity index (χ0v) is 17.5. The van der Waals surface area contributed by atoms with Gasteiger partial charge in [-0.05, 0) is 58.3 Å². The fraction of sp³-hybridized carbons (Fsp3) is 0.750. The molecule has 1 saturated carbocycles. The van der Waals surface area contributed by atoms with Gasteiger partial charge < -0.3 is 15.4 Å². The number of amides is 1. The maximum Gasteiger partial charge on any atom is 0.239 e. The number of hydrogen-bond acceptors (Lipinski definition) is 6. The van der Waals surface area contributed by atoms with Gasteiger partial charge in [0.1, 0.15) is 23.0 Å². The third kappa shape index (κ3) is 3.98. The molecule has 0 aromatic carbocycles. The number of aromatic nitrogens is 2. The first-order chi connectivity index (χ1) is 13.4. The zero-order valence-electron chi connectivity index (χ0n) is 16.7. The number of hydrogen-bond donors (Lipinski definition) is 2. The summed E-state index contributed by atoms with van der Waals surface area (Å²) in [5.41, 5.74) is 7.19. The molecule has 4 rings (SSSR count). The van der Waals surface area contributed by atoms with E-state index in [0.717, 1.165) is 50.9 Å². The summed E-state index contributed by atoms with van der Waals surface area (Å²) in [4.78, 5) is 23.2. The molecular formula is C20H30ClN5O2. The third-order valence-corrected chi connectivity index (χ3v) is 6.90. The molecule has 3 fully saturated rings. The molecule has 3 N–H and O–H groups in total. The predicted molar refractivity (Wildman–Crippen MR) is 108 cm³/mol. The van der Waals surface area contributed by atoms with E-state index in [9.17, 15) is 4.79 Å². The Balaban J connectivity index is 1.22. The maximum absolute atomic E-state index is 12.8. The van der Waals surface area contributed by atoms with E-state index in [1.165, 1.54) is 12.8 Å². The second kappa shape index (κ2) is 7.76. The fourth-order valence-corrected chi connectivity index (χ4v) is 4.68. The normalized spacial score (nSPS) is 24.8. The highest BCUT2D eigenvalue weighted by atomic mass is 35.5. The minimum atomic E-state index is -0.192. The highest BCUT2D eigenvalue weighted by Crippen LogP contribution is 2.55. The van der Waals surface area contributed by atoms with Crippen molar-refractivity contribution in [3.63, 3.8) is 0 Å². The topological polar surface area (TPSA) is 93.4 Å². The van der Waals surface area contributed by atoms with Crippen molar-refractivity contribution in [2.75, 3.05) is 25.4 Å². The molecule has 2 aliphatic heterocycles. The van der Waals surface area contributed by atoms with E-state index in [1.807, 2.05) is 11.8 Å². The van der Waals surface area contributed by atoms with E-state index in [0.29, 0.717) is 28.1 Å². The van der Waals surface area contributed by atoms with Crippen LogP contribution in [0.4, 0.5) is 5.82 Å². The average Bonchev–Trinajstić information content (AvgIpc) is 3.47. The first kappa shape index (κ1) is 19.9. The monoisotopic (exact) mass is 407 g/mol. The Morgan fingerprint density at radius 2 is 2.11 bits per heavy atom. The van der Waals surface area contributed by atoms with Crippen molar-refractivity contribution < 1.29 is 9.53 Å². The van der Waals surface area contributed by atoms with Crippen LogP contribution in [0.3, 0.4) is 0 Å². The number of likely N-dealkylation sites (tertiary alicyclic amines) is 1. The Bertz CT molecular complexity index is 723. The molecule has 3 heterocycles. The Hall–Kier alpha value is -1.44. The average molecular weight is 408 g/mol. The summed E-state index contributed by atoms with van der Waals surface area (Å²) in [5.74, 6) is 1.83. The van der Waals surface area contributed by atoms with Gasteiger partial charge in [0, 0.05) is 24.1 Å². The number of anilines is 1. The van der Waals surface area contributed by atoms with Gasteiger partial charge in [0.25, 0.3) is 0 Å². The summed E-state index contributed by atoms with van der Waals surface area (Å²) in [7, 11) is 0. The smallest absolute Gasteiger partial charge is 0.239 e. The van der Waals surface area contributed by atoms with Crippen molar-refractivity contribution in [2.24, 2.45) is 11.3 Å². The van der Waals surface area contributed by atoms with Crippen molar-refractivity contribution in [3.05, 3.63) is 16.5 Å². The first-order valence-electron chi connectivity index (χ1n) is 10.3. The second-order valence-corrected chi connectivity index (χ2v) is 9.03. The van der Waals surface area contributed by atoms with E-state index < -0.39 is 0 Å². The number of nitrogens with two attached hydrogens (primary N) is 1. The van der Waals surface area contributed by atoms with E-state index in [-0.39, 0.29) is 18.2 Å². The van der Waals surface area contributed by atoms with Gasteiger partial charge in [-0.3, -0.25) is 10.1 Å². The molecule has 154 valence electrons. The van der Waals surface area contributed by atoms with Gasteiger partial charge in [-0.25, -0.2) is 9.97 Å². The lowest BCUT2D eigenvalue weighted by Crippen LogP contribution is -2.58. The highest BCUT2D eigenvalue weighted by Gasteiger charge is 2.58. The molecule has 1 aromatic rings. The SMILES string of the molecule is Cc1nc(N)c(CCC2CCN(C(=O)[C@H](C)NC3OCC34CC4)CC2)c(Cl)n1. The molecule has 0 bridgehead atoms. The van der Waals surface area contributed by atoms with Gasteiger partial charge in [0.05, 0.1) is 12.6 Å². The van der Waals surface area contributed by atoms with Crippen LogP contribution >= 0.6 is 11.6 Å². The quantitative estimate of drug-likeness (QED) is 0.703. The number of halogens is 1. The molecular weight excluding hydrogens is 378 g/mol. The molecule has 2 saturated heterocycles. The Morgan fingerprint density at radius 3 is 2.68 bits per heavy atom. The summed E-state index contributed by atoms with van der Waals surface area (Å²) in [6, 6.07) is -0.192. The van der Waals surface area contributed by atoms with E-state index in [4.69, 9.17) is 22.1 Å². The van der Waals surface area contributed by atoms with Crippen LogP contribution in [0.2, 0.25) is 5.15 Å². The van der Waals surface area contributed by atoms with Crippen LogP contribution in [0, 0.1) is 18.3 Å². The van der Waals surface area contributed by atoms with E-state index in [1.54, 1.807) is 6.92 Å².